The lowest BCUT2D eigenvalue weighted by Gasteiger charge is -2.33. The van der Waals surface area contributed by atoms with Crippen molar-refractivity contribution >= 4 is 10.0 Å². The predicted molar refractivity (Wildman–Crippen MR) is 93.0 cm³/mol. The molecular formula is C17H23N3O4S. The Morgan fingerprint density at radius 2 is 1.92 bits per heavy atom. The highest BCUT2D eigenvalue weighted by Gasteiger charge is 2.33. The van der Waals surface area contributed by atoms with Gasteiger partial charge in [0.2, 0.25) is 10.0 Å². The number of methoxy groups -OCH3 is 1. The van der Waals surface area contributed by atoms with Gasteiger partial charge in [0.15, 0.2) is 5.76 Å². The molecule has 7 nitrogen and oxygen atoms in total. The Morgan fingerprint density at radius 1 is 1.20 bits per heavy atom. The fraction of sp³-hybridized carbons (Fsp3) is 0.471. The fourth-order valence-corrected chi connectivity index (χ4v) is 4.84. The molecule has 2 aromatic rings. The Bertz CT molecular complexity index is 820. The summed E-state index contributed by atoms with van der Waals surface area (Å²) in [6.45, 7) is 6.33. The lowest BCUT2D eigenvalue weighted by molar-refractivity contribution is 0.181. The monoisotopic (exact) mass is 365 g/mol. The molecule has 136 valence electrons. The average molecular weight is 365 g/mol. The highest BCUT2D eigenvalue weighted by Crippen LogP contribution is 2.24. The quantitative estimate of drug-likeness (QED) is 0.804. The summed E-state index contributed by atoms with van der Waals surface area (Å²) in [7, 11) is -1.91. The van der Waals surface area contributed by atoms with E-state index < -0.39 is 10.0 Å². The second-order valence-electron chi connectivity index (χ2n) is 6.19. The van der Waals surface area contributed by atoms with Gasteiger partial charge in [0, 0.05) is 32.7 Å². The predicted octanol–water partition coefficient (Wildman–Crippen LogP) is 1.81. The van der Waals surface area contributed by atoms with Crippen LogP contribution in [0.1, 0.15) is 17.0 Å². The van der Waals surface area contributed by atoms with E-state index in [-0.39, 0.29) is 4.90 Å². The molecule has 1 aromatic carbocycles. The van der Waals surface area contributed by atoms with Gasteiger partial charge < -0.3 is 9.26 Å². The van der Waals surface area contributed by atoms with Gasteiger partial charge >= 0.3 is 0 Å². The molecule has 2 heterocycles. The summed E-state index contributed by atoms with van der Waals surface area (Å²) in [5.74, 6) is 1.17. The number of hydrogen-bond donors (Lipinski definition) is 0. The van der Waals surface area contributed by atoms with Gasteiger partial charge in [-0.3, -0.25) is 4.90 Å². The third kappa shape index (κ3) is 3.70. The summed E-state index contributed by atoms with van der Waals surface area (Å²) in [4.78, 5) is 2.45. The van der Waals surface area contributed by atoms with Crippen LogP contribution in [-0.4, -0.2) is 56.1 Å². The van der Waals surface area contributed by atoms with Gasteiger partial charge in [-0.25, -0.2) is 8.42 Å². The Kier molecular flexibility index (Phi) is 5.12. The van der Waals surface area contributed by atoms with Gasteiger partial charge in [0.1, 0.15) is 16.3 Å². The Labute approximate surface area is 148 Å². The van der Waals surface area contributed by atoms with Crippen molar-refractivity contribution < 1.29 is 17.7 Å². The summed E-state index contributed by atoms with van der Waals surface area (Å²) in [5, 5.41) is 3.76. The third-order valence-corrected chi connectivity index (χ3v) is 6.58. The average Bonchev–Trinajstić information content (AvgIpc) is 2.95. The SMILES string of the molecule is COc1cccc(CN2CCN(S(=O)(=O)c3c(C)noc3C)CC2)c1. The number of nitrogens with zero attached hydrogens (tertiary/aromatic N) is 3. The van der Waals surface area contributed by atoms with Gasteiger partial charge in [-0.2, -0.15) is 4.31 Å². The number of benzene rings is 1. The summed E-state index contributed by atoms with van der Waals surface area (Å²) < 4.78 is 37.4. The number of aryl methyl sites for hydroxylation is 2. The first-order valence-corrected chi connectivity index (χ1v) is 9.64. The molecule has 0 N–H and O–H groups in total. The lowest BCUT2D eigenvalue weighted by atomic mass is 10.2. The summed E-state index contributed by atoms with van der Waals surface area (Å²) >= 11 is 0. The molecule has 25 heavy (non-hydrogen) atoms. The molecule has 1 fully saturated rings. The summed E-state index contributed by atoms with van der Waals surface area (Å²) in [6, 6.07) is 7.94. The molecule has 0 saturated carbocycles. The largest absolute Gasteiger partial charge is 0.497 e. The van der Waals surface area contributed by atoms with Crippen LogP contribution in [0.2, 0.25) is 0 Å². The molecule has 3 rings (SSSR count). The van der Waals surface area contributed by atoms with Crippen LogP contribution in [0.5, 0.6) is 5.75 Å². The van der Waals surface area contributed by atoms with Crippen LogP contribution in [-0.2, 0) is 16.6 Å². The second-order valence-corrected chi connectivity index (χ2v) is 8.06. The minimum Gasteiger partial charge on any atom is -0.497 e. The number of piperazine rings is 1. The highest BCUT2D eigenvalue weighted by molar-refractivity contribution is 7.89. The number of aromatic nitrogens is 1. The van der Waals surface area contributed by atoms with E-state index in [1.165, 1.54) is 4.31 Å². The van der Waals surface area contributed by atoms with Gasteiger partial charge in [0.05, 0.1) is 7.11 Å². The number of ether oxygens (including phenoxy) is 1. The smallest absolute Gasteiger partial charge is 0.248 e. The number of rotatable bonds is 5. The summed E-state index contributed by atoms with van der Waals surface area (Å²) in [6.07, 6.45) is 0. The Balaban J connectivity index is 1.65. The normalized spacial score (nSPS) is 16.9. The van der Waals surface area contributed by atoms with Crippen LogP contribution in [0.4, 0.5) is 0 Å². The molecule has 1 aliphatic rings. The van der Waals surface area contributed by atoms with Gasteiger partial charge in [0.25, 0.3) is 0 Å². The number of hydrogen-bond acceptors (Lipinski definition) is 6. The standard InChI is InChI=1S/C17H23N3O4S/c1-13-17(14(2)24-18-13)25(21,22)20-9-7-19(8-10-20)12-15-5-4-6-16(11-15)23-3/h4-6,11H,7-10,12H2,1-3H3. The van der Waals surface area contributed by atoms with Crippen LogP contribution in [0.25, 0.3) is 0 Å². The molecule has 1 saturated heterocycles. The van der Waals surface area contributed by atoms with Crippen molar-refractivity contribution in [3.05, 3.63) is 41.3 Å². The topological polar surface area (TPSA) is 75.9 Å². The van der Waals surface area contributed by atoms with Crippen molar-refractivity contribution in [2.75, 3.05) is 33.3 Å². The van der Waals surface area contributed by atoms with Crippen molar-refractivity contribution in [1.82, 2.24) is 14.4 Å². The molecule has 1 aromatic heterocycles. The van der Waals surface area contributed by atoms with Crippen molar-refractivity contribution in [2.45, 2.75) is 25.3 Å². The van der Waals surface area contributed by atoms with Crippen molar-refractivity contribution in [1.29, 1.82) is 0 Å². The molecule has 8 heteroatoms. The van der Waals surface area contributed by atoms with Gasteiger partial charge in [-0.1, -0.05) is 17.3 Å². The minimum absolute atomic E-state index is 0.203. The first kappa shape index (κ1) is 17.9. The molecule has 0 radical (unpaired) electrons. The van der Waals surface area contributed by atoms with E-state index in [2.05, 4.69) is 16.1 Å². The number of sulfonamides is 1. The molecule has 0 amide bonds. The van der Waals surface area contributed by atoms with E-state index >= 15 is 0 Å². The first-order valence-electron chi connectivity index (χ1n) is 8.20. The Morgan fingerprint density at radius 3 is 2.52 bits per heavy atom. The molecular weight excluding hydrogens is 342 g/mol. The zero-order valence-electron chi connectivity index (χ0n) is 14.7. The lowest BCUT2D eigenvalue weighted by Crippen LogP contribution is -2.48. The maximum atomic E-state index is 12.8. The maximum absolute atomic E-state index is 12.8. The van der Waals surface area contributed by atoms with Crippen LogP contribution in [0.3, 0.4) is 0 Å². The third-order valence-electron chi connectivity index (χ3n) is 4.44. The van der Waals surface area contributed by atoms with E-state index in [1.807, 2.05) is 18.2 Å². The second kappa shape index (κ2) is 7.15. The molecule has 0 atom stereocenters. The highest BCUT2D eigenvalue weighted by atomic mass is 32.2. The maximum Gasteiger partial charge on any atom is 0.248 e. The zero-order valence-corrected chi connectivity index (χ0v) is 15.5. The van der Waals surface area contributed by atoms with E-state index in [4.69, 9.17) is 9.26 Å². The molecule has 0 aliphatic carbocycles. The van der Waals surface area contributed by atoms with E-state index in [0.29, 0.717) is 37.6 Å². The molecule has 0 unspecified atom stereocenters. The van der Waals surface area contributed by atoms with Gasteiger partial charge in [-0.05, 0) is 31.5 Å². The fourth-order valence-electron chi connectivity index (χ4n) is 3.13. The first-order chi connectivity index (χ1) is 11.9. The van der Waals surface area contributed by atoms with Crippen LogP contribution in [0.15, 0.2) is 33.7 Å². The van der Waals surface area contributed by atoms with Crippen molar-refractivity contribution in [3.63, 3.8) is 0 Å². The Hall–Kier alpha value is -1.90. The van der Waals surface area contributed by atoms with Crippen molar-refractivity contribution in [2.24, 2.45) is 0 Å². The summed E-state index contributed by atoms with van der Waals surface area (Å²) in [5.41, 5.74) is 1.57. The van der Waals surface area contributed by atoms with Gasteiger partial charge in [-0.15, -0.1) is 0 Å². The molecule has 0 spiro atoms. The molecule has 0 bridgehead atoms. The van der Waals surface area contributed by atoms with Crippen LogP contribution in [0, 0.1) is 13.8 Å². The van der Waals surface area contributed by atoms with E-state index in [0.717, 1.165) is 17.9 Å². The van der Waals surface area contributed by atoms with E-state index in [9.17, 15) is 8.42 Å². The van der Waals surface area contributed by atoms with Crippen LogP contribution < -0.4 is 4.74 Å². The zero-order chi connectivity index (χ0) is 18.0. The molecule has 1 aliphatic heterocycles. The van der Waals surface area contributed by atoms with Crippen LogP contribution >= 0.6 is 0 Å². The van der Waals surface area contributed by atoms with E-state index in [1.54, 1.807) is 21.0 Å². The minimum atomic E-state index is -3.56. The van der Waals surface area contributed by atoms with Crippen molar-refractivity contribution in [3.8, 4) is 5.75 Å².